The standard InChI is InChI=1S/C17H27N5O/c1-11-15(13(3)21(6)18-11)8-9-17(23)20(5)10-16-12(2)19-22(7)14(16)4/h8-10H2,1-7H3. The molecule has 0 spiro atoms. The van der Waals surface area contributed by atoms with Crippen molar-refractivity contribution in [3.8, 4) is 0 Å². The summed E-state index contributed by atoms with van der Waals surface area (Å²) in [6.07, 6.45) is 1.24. The van der Waals surface area contributed by atoms with Gasteiger partial charge in [0.05, 0.1) is 11.4 Å². The van der Waals surface area contributed by atoms with Crippen LogP contribution in [-0.2, 0) is 31.9 Å². The van der Waals surface area contributed by atoms with Crippen molar-refractivity contribution in [2.45, 2.75) is 47.1 Å². The lowest BCUT2D eigenvalue weighted by atomic mass is 10.1. The molecule has 2 aromatic rings. The van der Waals surface area contributed by atoms with E-state index >= 15 is 0 Å². The predicted molar refractivity (Wildman–Crippen MR) is 90.2 cm³/mol. The van der Waals surface area contributed by atoms with Crippen molar-refractivity contribution in [3.63, 3.8) is 0 Å². The third-order valence-electron chi connectivity index (χ3n) is 4.73. The van der Waals surface area contributed by atoms with Gasteiger partial charge in [-0.2, -0.15) is 10.2 Å². The third-order valence-corrected chi connectivity index (χ3v) is 4.73. The fourth-order valence-electron chi connectivity index (χ4n) is 2.97. The number of carbonyl (C=O) groups is 1. The molecule has 126 valence electrons. The SMILES string of the molecule is Cc1nn(C)c(C)c1CCC(=O)N(C)Cc1c(C)nn(C)c1C. The van der Waals surface area contributed by atoms with Crippen LogP contribution in [0.3, 0.4) is 0 Å². The summed E-state index contributed by atoms with van der Waals surface area (Å²) in [7, 11) is 5.73. The van der Waals surface area contributed by atoms with Crippen LogP contribution in [0.2, 0.25) is 0 Å². The molecule has 2 heterocycles. The molecular formula is C17H27N5O. The first-order chi connectivity index (χ1) is 10.7. The minimum absolute atomic E-state index is 0.148. The summed E-state index contributed by atoms with van der Waals surface area (Å²) >= 11 is 0. The normalized spacial score (nSPS) is 11.1. The van der Waals surface area contributed by atoms with Gasteiger partial charge in [-0.05, 0) is 39.7 Å². The van der Waals surface area contributed by atoms with Crippen molar-refractivity contribution in [3.05, 3.63) is 33.9 Å². The van der Waals surface area contributed by atoms with Crippen LogP contribution in [0.5, 0.6) is 0 Å². The van der Waals surface area contributed by atoms with E-state index in [0.29, 0.717) is 13.0 Å². The Morgan fingerprint density at radius 2 is 1.43 bits per heavy atom. The number of nitrogens with zero attached hydrogens (tertiary/aromatic N) is 5. The zero-order valence-corrected chi connectivity index (χ0v) is 15.3. The van der Waals surface area contributed by atoms with Gasteiger partial charge in [-0.25, -0.2) is 0 Å². The van der Waals surface area contributed by atoms with Crippen LogP contribution in [0.25, 0.3) is 0 Å². The van der Waals surface area contributed by atoms with Gasteiger partial charge in [0, 0.05) is 51.1 Å². The van der Waals surface area contributed by atoms with Gasteiger partial charge in [0.2, 0.25) is 5.91 Å². The fourth-order valence-corrected chi connectivity index (χ4v) is 2.97. The molecule has 0 aliphatic heterocycles. The van der Waals surface area contributed by atoms with Crippen molar-refractivity contribution in [1.82, 2.24) is 24.5 Å². The smallest absolute Gasteiger partial charge is 0.222 e. The van der Waals surface area contributed by atoms with E-state index in [-0.39, 0.29) is 5.91 Å². The van der Waals surface area contributed by atoms with E-state index in [1.807, 2.05) is 58.2 Å². The average molecular weight is 317 g/mol. The first-order valence-electron chi connectivity index (χ1n) is 7.94. The second-order valence-corrected chi connectivity index (χ2v) is 6.30. The number of rotatable bonds is 5. The Kier molecular flexibility index (Phi) is 4.92. The van der Waals surface area contributed by atoms with Crippen LogP contribution < -0.4 is 0 Å². The number of hydrogen-bond donors (Lipinski definition) is 0. The molecule has 2 rings (SSSR count). The Labute approximate surface area is 138 Å². The van der Waals surface area contributed by atoms with Gasteiger partial charge in [-0.3, -0.25) is 14.2 Å². The summed E-state index contributed by atoms with van der Waals surface area (Å²) in [6, 6.07) is 0. The van der Waals surface area contributed by atoms with Crippen molar-refractivity contribution in [1.29, 1.82) is 0 Å². The molecule has 0 saturated carbocycles. The number of amides is 1. The van der Waals surface area contributed by atoms with Gasteiger partial charge in [-0.15, -0.1) is 0 Å². The fraction of sp³-hybridized carbons (Fsp3) is 0.588. The van der Waals surface area contributed by atoms with Crippen molar-refractivity contribution in [2.75, 3.05) is 7.05 Å². The van der Waals surface area contributed by atoms with Crippen LogP contribution in [0.4, 0.5) is 0 Å². The molecule has 0 bridgehead atoms. The largest absolute Gasteiger partial charge is 0.341 e. The maximum atomic E-state index is 12.5. The first-order valence-corrected chi connectivity index (χ1v) is 7.94. The van der Waals surface area contributed by atoms with Gasteiger partial charge in [0.1, 0.15) is 0 Å². The Morgan fingerprint density at radius 3 is 1.87 bits per heavy atom. The van der Waals surface area contributed by atoms with Crippen LogP contribution in [0.15, 0.2) is 0 Å². The minimum Gasteiger partial charge on any atom is -0.341 e. The Balaban J connectivity index is 2.00. The molecule has 0 saturated heterocycles. The highest BCUT2D eigenvalue weighted by Gasteiger charge is 2.17. The molecular weight excluding hydrogens is 290 g/mol. The van der Waals surface area contributed by atoms with E-state index in [1.165, 1.54) is 5.56 Å². The third kappa shape index (κ3) is 3.46. The molecule has 0 fully saturated rings. The summed E-state index contributed by atoms with van der Waals surface area (Å²) in [5.41, 5.74) is 6.57. The highest BCUT2D eigenvalue weighted by molar-refractivity contribution is 5.76. The summed E-state index contributed by atoms with van der Waals surface area (Å²) in [4.78, 5) is 14.2. The minimum atomic E-state index is 0.148. The van der Waals surface area contributed by atoms with Gasteiger partial charge in [0.15, 0.2) is 0 Å². The maximum Gasteiger partial charge on any atom is 0.222 e. The molecule has 6 heteroatoms. The first kappa shape index (κ1) is 17.2. The molecule has 0 radical (unpaired) electrons. The highest BCUT2D eigenvalue weighted by atomic mass is 16.2. The summed E-state index contributed by atoms with van der Waals surface area (Å²) < 4.78 is 3.74. The molecule has 23 heavy (non-hydrogen) atoms. The molecule has 0 aliphatic carbocycles. The van der Waals surface area contributed by atoms with Gasteiger partial charge < -0.3 is 4.90 Å². The summed E-state index contributed by atoms with van der Waals surface area (Å²) in [6.45, 7) is 8.68. The number of hydrogen-bond acceptors (Lipinski definition) is 3. The quantitative estimate of drug-likeness (QED) is 0.847. The zero-order valence-electron chi connectivity index (χ0n) is 15.3. The number of aryl methyl sites for hydroxylation is 4. The molecule has 0 N–H and O–H groups in total. The van der Waals surface area contributed by atoms with E-state index < -0.39 is 0 Å². The molecule has 1 amide bonds. The van der Waals surface area contributed by atoms with Crippen LogP contribution >= 0.6 is 0 Å². The zero-order chi connectivity index (χ0) is 17.3. The molecule has 0 unspecified atom stereocenters. The van der Waals surface area contributed by atoms with E-state index in [2.05, 4.69) is 10.2 Å². The number of carbonyl (C=O) groups excluding carboxylic acids is 1. The van der Waals surface area contributed by atoms with Crippen molar-refractivity contribution < 1.29 is 4.79 Å². The lowest BCUT2D eigenvalue weighted by molar-refractivity contribution is -0.130. The summed E-state index contributed by atoms with van der Waals surface area (Å²) in [5.74, 6) is 0.148. The van der Waals surface area contributed by atoms with E-state index in [1.54, 1.807) is 4.90 Å². The average Bonchev–Trinajstić information content (AvgIpc) is 2.87. The highest BCUT2D eigenvalue weighted by Crippen LogP contribution is 2.17. The molecule has 6 nitrogen and oxygen atoms in total. The Morgan fingerprint density at radius 1 is 0.957 bits per heavy atom. The lowest BCUT2D eigenvalue weighted by Crippen LogP contribution is -2.27. The van der Waals surface area contributed by atoms with E-state index in [4.69, 9.17) is 0 Å². The number of aromatic nitrogens is 4. The topological polar surface area (TPSA) is 56.0 Å². The van der Waals surface area contributed by atoms with Crippen LogP contribution in [0.1, 0.15) is 40.3 Å². The Bertz CT molecular complexity index is 726. The van der Waals surface area contributed by atoms with Gasteiger partial charge >= 0.3 is 0 Å². The van der Waals surface area contributed by atoms with Crippen molar-refractivity contribution >= 4 is 5.91 Å². The molecule has 2 aromatic heterocycles. The van der Waals surface area contributed by atoms with Crippen LogP contribution in [-0.4, -0.2) is 37.4 Å². The Hall–Kier alpha value is -2.11. The summed E-state index contributed by atoms with van der Waals surface area (Å²) in [5, 5.41) is 8.82. The molecule has 0 aliphatic rings. The lowest BCUT2D eigenvalue weighted by Gasteiger charge is -2.17. The monoisotopic (exact) mass is 317 g/mol. The van der Waals surface area contributed by atoms with Gasteiger partial charge in [-0.1, -0.05) is 0 Å². The van der Waals surface area contributed by atoms with Crippen LogP contribution in [0, 0.1) is 27.7 Å². The second-order valence-electron chi connectivity index (χ2n) is 6.30. The van der Waals surface area contributed by atoms with E-state index in [9.17, 15) is 4.79 Å². The maximum absolute atomic E-state index is 12.5. The van der Waals surface area contributed by atoms with Gasteiger partial charge in [0.25, 0.3) is 0 Å². The van der Waals surface area contributed by atoms with Crippen molar-refractivity contribution in [2.24, 2.45) is 14.1 Å². The predicted octanol–water partition coefficient (Wildman–Crippen LogP) is 1.98. The van der Waals surface area contributed by atoms with E-state index in [0.717, 1.165) is 34.8 Å². The molecule has 0 aromatic carbocycles. The second kappa shape index (κ2) is 6.56. The molecule has 0 atom stereocenters.